The summed E-state index contributed by atoms with van der Waals surface area (Å²) >= 11 is 1.06. The summed E-state index contributed by atoms with van der Waals surface area (Å²) in [5.74, 6) is -0.501. The predicted octanol–water partition coefficient (Wildman–Crippen LogP) is 3.91. The van der Waals surface area contributed by atoms with E-state index in [-0.39, 0.29) is 30.2 Å². The van der Waals surface area contributed by atoms with Crippen LogP contribution in [0.3, 0.4) is 0 Å². The van der Waals surface area contributed by atoms with Crippen molar-refractivity contribution >= 4 is 29.7 Å². The first-order valence-electron chi connectivity index (χ1n) is 15.0. The Bertz CT molecular complexity index is 1080. The SMILES string of the molecule is C=C(N[C@@H](CC)C(SNC(C[C@H](N)C(=O)N1CCC[C@@H](C(=O)OCC(C)(C)C)N1)=NC)=C(/C=C\C)NCC(F)(F)F)[C@H](C)OC. The van der Waals surface area contributed by atoms with Gasteiger partial charge in [0.05, 0.1) is 29.7 Å². The number of nitrogens with one attached hydrogen (secondary N) is 4. The fourth-order valence-electron chi connectivity index (χ4n) is 4.03. The fourth-order valence-corrected chi connectivity index (χ4v) is 5.05. The summed E-state index contributed by atoms with van der Waals surface area (Å²) in [6, 6.07) is -2.12. The zero-order chi connectivity index (χ0) is 34.4. The van der Waals surface area contributed by atoms with E-state index in [2.05, 4.69) is 32.4 Å². The molecule has 1 rings (SSSR count). The zero-order valence-electron chi connectivity index (χ0n) is 27.8. The Balaban J connectivity index is 3.09. The second kappa shape index (κ2) is 19.0. The number of halogens is 3. The summed E-state index contributed by atoms with van der Waals surface area (Å²) in [7, 11) is 3.06. The van der Waals surface area contributed by atoms with Crippen LogP contribution in [0.15, 0.2) is 40.0 Å². The van der Waals surface area contributed by atoms with Gasteiger partial charge in [-0.3, -0.25) is 19.6 Å². The molecular formula is C30H52F3N7O4S. The van der Waals surface area contributed by atoms with Crippen LogP contribution in [0.4, 0.5) is 13.2 Å². The normalized spacial score (nSPS) is 19.0. The van der Waals surface area contributed by atoms with Crippen molar-refractivity contribution in [2.75, 3.05) is 33.9 Å². The number of alkyl halides is 3. The van der Waals surface area contributed by atoms with Gasteiger partial charge in [0.2, 0.25) is 0 Å². The summed E-state index contributed by atoms with van der Waals surface area (Å²) in [6.45, 7) is 14.7. The highest BCUT2D eigenvalue weighted by Gasteiger charge is 2.33. The molecule has 15 heteroatoms. The zero-order valence-corrected chi connectivity index (χ0v) is 28.6. The van der Waals surface area contributed by atoms with Crippen LogP contribution in [-0.2, 0) is 19.1 Å². The van der Waals surface area contributed by atoms with E-state index in [4.69, 9.17) is 15.2 Å². The van der Waals surface area contributed by atoms with Crippen LogP contribution >= 0.6 is 11.9 Å². The Kier molecular flexibility index (Phi) is 17.0. The maximum absolute atomic E-state index is 13.2. The van der Waals surface area contributed by atoms with E-state index in [1.54, 1.807) is 26.0 Å². The average molecular weight is 664 g/mol. The first kappa shape index (κ1) is 40.3. The van der Waals surface area contributed by atoms with E-state index in [9.17, 15) is 22.8 Å². The van der Waals surface area contributed by atoms with Gasteiger partial charge in [-0.2, -0.15) is 13.2 Å². The smallest absolute Gasteiger partial charge is 0.405 e. The number of amidine groups is 1. The molecule has 0 aliphatic carbocycles. The molecule has 0 bridgehead atoms. The van der Waals surface area contributed by atoms with Crippen molar-refractivity contribution in [2.45, 2.75) is 97.6 Å². The second-order valence-corrected chi connectivity index (χ2v) is 12.8. The molecule has 1 aliphatic heterocycles. The molecule has 258 valence electrons. The molecule has 0 unspecified atom stereocenters. The van der Waals surface area contributed by atoms with Crippen molar-refractivity contribution in [3.63, 3.8) is 0 Å². The quantitative estimate of drug-likeness (QED) is 0.0543. The highest BCUT2D eigenvalue weighted by atomic mass is 32.2. The molecule has 0 radical (unpaired) electrons. The van der Waals surface area contributed by atoms with E-state index in [1.807, 2.05) is 27.7 Å². The van der Waals surface area contributed by atoms with Gasteiger partial charge >= 0.3 is 12.1 Å². The van der Waals surface area contributed by atoms with Gasteiger partial charge in [-0.1, -0.05) is 40.3 Å². The number of hydrazine groups is 1. The lowest BCUT2D eigenvalue weighted by molar-refractivity contribution is -0.154. The number of allylic oxidation sites excluding steroid dienone is 2. The van der Waals surface area contributed by atoms with E-state index in [0.29, 0.717) is 42.2 Å². The van der Waals surface area contributed by atoms with Crippen LogP contribution in [-0.4, -0.2) is 87.0 Å². The van der Waals surface area contributed by atoms with Gasteiger partial charge in [-0.25, -0.2) is 5.43 Å². The third-order valence-electron chi connectivity index (χ3n) is 6.67. The summed E-state index contributed by atoms with van der Waals surface area (Å²) in [4.78, 5) is 30.6. The van der Waals surface area contributed by atoms with E-state index in [0.717, 1.165) is 11.9 Å². The number of hydrogen-bond acceptors (Lipinski definition) is 10. The Morgan fingerprint density at radius 1 is 1.29 bits per heavy atom. The molecule has 0 aromatic carbocycles. The first-order chi connectivity index (χ1) is 21.0. The Labute approximate surface area is 270 Å². The number of carbonyl (C=O) groups is 2. The molecule has 1 saturated heterocycles. The number of amides is 1. The molecule has 0 aromatic heterocycles. The number of nitrogens with two attached hydrogens (primary N) is 1. The second-order valence-electron chi connectivity index (χ2n) is 11.9. The molecular weight excluding hydrogens is 611 g/mol. The molecule has 1 fully saturated rings. The number of hydrogen-bond donors (Lipinski definition) is 5. The van der Waals surface area contributed by atoms with Gasteiger partial charge in [-0.15, -0.1) is 0 Å². The molecule has 1 heterocycles. The lowest BCUT2D eigenvalue weighted by Gasteiger charge is -2.34. The van der Waals surface area contributed by atoms with E-state index >= 15 is 0 Å². The van der Waals surface area contributed by atoms with Gasteiger partial charge in [-0.05, 0) is 56.5 Å². The molecule has 0 saturated carbocycles. The number of ether oxygens (including phenoxy) is 2. The van der Waals surface area contributed by atoms with Crippen LogP contribution in [0.5, 0.6) is 0 Å². The summed E-state index contributed by atoms with van der Waals surface area (Å²) in [6.07, 6.45) is 0.0556. The number of nitrogens with zero attached hydrogens (tertiary/aromatic N) is 2. The predicted molar refractivity (Wildman–Crippen MR) is 174 cm³/mol. The molecule has 0 aromatic rings. The number of carbonyl (C=O) groups excluding carboxylic acids is 2. The lowest BCUT2D eigenvalue weighted by atomic mass is 9.98. The number of esters is 1. The van der Waals surface area contributed by atoms with Gasteiger partial charge in [0.15, 0.2) is 0 Å². The van der Waals surface area contributed by atoms with Crippen molar-refractivity contribution in [1.82, 2.24) is 25.8 Å². The number of methoxy groups -OCH3 is 1. The minimum absolute atomic E-state index is 0.0134. The van der Waals surface area contributed by atoms with E-state index in [1.165, 1.54) is 19.2 Å². The Hall–Kier alpha value is -2.75. The largest absolute Gasteiger partial charge is 0.464 e. The molecule has 45 heavy (non-hydrogen) atoms. The van der Waals surface area contributed by atoms with Crippen molar-refractivity contribution in [3.05, 3.63) is 35.0 Å². The van der Waals surface area contributed by atoms with Crippen LogP contribution in [0.1, 0.15) is 67.2 Å². The van der Waals surface area contributed by atoms with Crippen molar-refractivity contribution in [2.24, 2.45) is 16.1 Å². The number of rotatable bonds is 16. The minimum atomic E-state index is -4.44. The molecule has 4 atom stereocenters. The summed E-state index contributed by atoms with van der Waals surface area (Å²) < 4.78 is 53.4. The van der Waals surface area contributed by atoms with Crippen molar-refractivity contribution < 1.29 is 32.2 Å². The third-order valence-corrected chi connectivity index (χ3v) is 7.73. The molecule has 1 amide bonds. The van der Waals surface area contributed by atoms with Gasteiger partial charge < -0.3 is 30.6 Å². The monoisotopic (exact) mass is 663 g/mol. The Morgan fingerprint density at radius 3 is 2.49 bits per heavy atom. The van der Waals surface area contributed by atoms with E-state index < -0.39 is 42.7 Å². The minimum Gasteiger partial charge on any atom is -0.464 e. The van der Waals surface area contributed by atoms with Crippen LogP contribution in [0, 0.1) is 5.41 Å². The van der Waals surface area contributed by atoms with Crippen LogP contribution in [0.25, 0.3) is 0 Å². The van der Waals surface area contributed by atoms with Crippen molar-refractivity contribution in [1.29, 1.82) is 0 Å². The van der Waals surface area contributed by atoms with Crippen molar-refractivity contribution in [3.8, 4) is 0 Å². The molecule has 6 N–H and O–H groups in total. The highest BCUT2D eigenvalue weighted by Crippen LogP contribution is 2.26. The maximum atomic E-state index is 13.2. The maximum Gasteiger partial charge on any atom is 0.405 e. The van der Waals surface area contributed by atoms with Crippen LogP contribution in [0.2, 0.25) is 0 Å². The van der Waals surface area contributed by atoms with Gasteiger partial charge in [0, 0.05) is 38.5 Å². The van der Waals surface area contributed by atoms with Gasteiger partial charge in [0.25, 0.3) is 5.91 Å². The fraction of sp³-hybridized carbons (Fsp3) is 0.700. The highest BCUT2D eigenvalue weighted by molar-refractivity contribution is 8.01. The summed E-state index contributed by atoms with van der Waals surface area (Å²) in [5, 5.41) is 7.10. The topological polar surface area (TPSA) is 142 Å². The molecule has 11 nitrogen and oxygen atoms in total. The van der Waals surface area contributed by atoms with Crippen LogP contribution < -0.4 is 26.5 Å². The summed E-state index contributed by atoms with van der Waals surface area (Å²) in [5.41, 5.74) is 9.86. The first-order valence-corrected chi connectivity index (χ1v) is 15.8. The Morgan fingerprint density at radius 2 is 1.96 bits per heavy atom. The average Bonchev–Trinajstić information content (AvgIpc) is 2.99. The lowest BCUT2D eigenvalue weighted by Crippen LogP contribution is -2.59. The third kappa shape index (κ3) is 14.9. The molecule has 0 spiro atoms. The molecule has 1 aliphatic rings. The van der Waals surface area contributed by atoms with Gasteiger partial charge in [0.1, 0.15) is 18.4 Å². The standard InChI is InChI=1S/C30H52F3N7O4S/c1-10-13-23(36-17-30(31,32)33)26(22(11-2)37-19(3)20(4)43-9)45-39-25(35-8)16-21(34)27(41)40-15-12-14-24(38-40)28(42)44-18-29(5,6)7/h10,13,20-22,24,36-38H,3,11-12,14-18,34H2,1-2,4-9H3,(H,35,39)/b13-10-,26-23?/t20-,21-,22-,24-/m0/s1. The number of aliphatic imine (C=N–C) groups is 1.